The minimum atomic E-state index is -0.153. The molecule has 0 amide bonds. The molecule has 0 radical (unpaired) electrons. The van der Waals surface area contributed by atoms with E-state index in [1.165, 1.54) is 95.7 Å². The Hall–Kier alpha value is -6.26. The van der Waals surface area contributed by atoms with E-state index >= 15 is 0 Å². The van der Waals surface area contributed by atoms with Gasteiger partial charge in [-0.3, -0.25) is 0 Å². The summed E-state index contributed by atoms with van der Waals surface area (Å²) in [6, 6.07) is 54.4. The first-order valence-electron chi connectivity index (χ1n) is 24.8. The summed E-state index contributed by atoms with van der Waals surface area (Å²) in [5.74, 6) is 0.273. The molecule has 0 saturated carbocycles. The molecule has 3 nitrogen and oxygen atoms in total. The van der Waals surface area contributed by atoms with Gasteiger partial charge in [0.05, 0.1) is 11.3 Å². The van der Waals surface area contributed by atoms with Gasteiger partial charge >= 0.3 is 0 Å². The predicted molar refractivity (Wildman–Crippen MR) is 285 cm³/mol. The quantitative estimate of drug-likeness (QED) is 0.165. The van der Waals surface area contributed by atoms with Crippen LogP contribution in [-0.2, 0) is 28.1 Å². The van der Waals surface area contributed by atoms with E-state index in [2.05, 4.69) is 225 Å². The van der Waals surface area contributed by atoms with Crippen LogP contribution in [0.4, 0.5) is 34.1 Å². The second-order valence-electron chi connectivity index (χ2n) is 23.7. The molecule has 1 atom stereocenters. The largest absolute Gasteiger partial charge is 0.468 e. The summed E-state index contributed by atoms with van der Waals surface area (Å²) in [4.78, 5) is 5.18. The third kappa shape index (κ3) is 6.38. The van der Waals surface area contributed by atoms with Crippen LogP contribution in [0, 0.1) is 0 Å². The maximum atomic E-state index is 7.60. The van der Waals surface area contributed by atoms with Crippen molar-refractivity contribution in [2.45, 2.75) is 123 Å². The van der Waals surface area contributed by atoms with Gasteiger partial charge < -0.3 is 14.2 Å². The maximum absolute atomic E-state index is 7.60. The summed E-state index contributed by atoms with van der Waals surface area (Å²) in [6.45, 7) is 25.5. The van der Waals surface area contributed by atoms with Crippen molar-refractivity contribution < 1.29 is 4.42 Å². The fraction of sp³-hybridized carbons (Fsp3) is 0.302. The van der Waals surface area contributed by atoms with Crippen LogP contribution >= 0.6 is 0 Å². The first kappa shape index (κ1) is 42.1. The molecule has 12 rings (SSSR count). The number of furan rings is 1. The van der Waals surface area contributed by atoms with Crippen LogP contribution in [0.3, 0.4) is 0 Å². The Kier molecular flexibility index (Phi) is 9.04. The van der Waals surface area contributed by atoms with Gasteiger partial charge in [-0.1, -0.05) is 161 Å². The molecule has 0 saturated heterocycles. The van der Waals surface area contributed by atoms with Crippen molar-refractivity contribution in [3.63, 3.8) is 0 Å². The Morgan fingerprint density at radius 2 is 1.16 bits per heavy atom. The van der Waals surface area contributed by atoms with Gasteiger partial charge in [-0.05, 0) is 157 Å². The highest BCUT2D eigenvalue weighted by molar-refractivity contribution is 7.00. The summed E-state index contributed by atoms with van der Waals surface area (Å²) >= 11 is 0. The first-order chi connectivity index (χ1) is 31.9. The molecule has 4 heteroatoms. The van der Waals surface area contributed by atoms with Crippen LogP contribution in [0.25, 0.3) is 22.1 Å². The monoisotopic (exact) mass is 875 g/mol. The van der Waals surface area contributed by atoms with Gasteiger partial charge in [-0.15, -0.1) is 0 Å². The molecule has 3 heterocycles. The minimum Gasteiger partial charge on any atom is -0.468 e. The summed E-state index contributed by atoms with van der Waals surface area (Å²) in [7, 11) is 0. The fourth-order valence-corrected chi connectivity index (χ4v) is 12.2. The van der Waals surface area contributed by atoms with E-state index in [-0.39, 0.29) is 34.3 Å². The highest BCUT2D eigenvalue weighted by Gasteiger charge is 2.48. The minimum absolute atomic E-state index is 0.0186. The molecule has 7 aromatic carbocycles. The lowest BCUT2D eigenvalue weighted by Crippen LogP contribution is -2.61. The Morgan fingerprint density at radius 3 is 1.84 bits per heavy atom. The molecular formula is C63H63BN2O. The van der Waals surface area contributed by atoms with E-state index in [0.29, 0.717) is 0 Å². The lowest BCUT2D eigenvalue weighted by Gasteiger charge is -2.44. The molecule has 0 bridgehead atoms. The molecule has 0 N–H and O–H groups in total. The van der Waals surface area contributed by atoms with E-state index in [9.17, 15) is 0 Å². The molecule has 8 aromatic rings. The third-order valence-corrected chi connectivity index (χ3v) is 16.0. The summed E-state index contributed by atoms with van der Waals surface area (Å²) in [6.07, 6.45) is 3.42. The van der Waals surface area contributed by atoms with Crippen molar-refractivity contribution in [1.82, 2.24) is 0 Å². The average Bonchev–Trinajstić information content (AvgIpc) is 3.78. The van der Waals surface area contributed by atoms with Crippen LogP contribution in [-0.4, -0.2) is 6.71 Å². The molecule has 2 aliphatic carbocycles. The molecule has 0 fully saturated rings. The lowest BCUT2D eigenvalue weighted by molar-refractivity contribution is 0.590. The van der Waals surface area contributed by atoms with E-state index in [1.54, 1.807) is 0 Å². The zero-order valence-corrected chi connectivity index (χ0v) is 41.4. The SMILES string of the molecule is CC(C)(C)c1ccc(N2c3ccc(C(C)(C)C)cc3B3c4oc5cc6c(cc5c4N(c4ccc(C(C)(C)C)cc4)c4cc(C5CCCc7ccccc75)cc2c43)-c2ccccc2C6(C)C)cc1. The summed E-state index contributed by atoms with van der Waals surface area (Å²) in [5, 5.41) is 1.16. The Balaban J connectivity index is 1.21. The normalized spacial score (nSPS) is 16.9. The topological polar surface area (TPSA) is 19.6 Å². The summed E-state index contributed by atoms with van der Waals surface area (Å²) < 4.78 is 7.60. The number of nitrogens with zero attached hydrogens (tertiary/aromatic N) is 2. The van der Waals surface area contributed by atoms with Crippen LogP contribution in [0.1, 0.15) is 139 Å². The van der Waals surface area contributed by atoms with Crippen LogP contribution < -0.4 is 26.4 Å². The average molecular weight is 875 g/mol. The lowest BCUT2D eigenvalue weighted by atomic mass is 9.35. The Morgan fingerprint density at radius 1 is 0.567 bits per heavy atom. The zero-order valence-electron chi connectivity index (χ0n) is 41.4. The van der Waals surface area contributed by atoms with Crippen molar-refractivity contribution in [3.8, 4) is 11.1 Å². The third-order valence-electron chi connectivity index (χ3n) is 16.0. The second kappa shape index (κ2) is 14.4. The van der Waals surface area contributed by atoms with Crippen LogP contribution in [0.15, 0.2) is 144 Å². The Bertz CT molecular complexity index is 3310. The van der Waals surface area contributed by atoms with Gasteiger partial charge in [0.1, 0.15) is 5.58 Å². The van der Waals surface area contributed by atoms with Gasteiger partial charge in [0, 0.05) is 45.2 Å². The first-order valence-corrected chi connectivity index (χ1v) is 24.8. The number of hydrogen-bond donors (Lipinski definition) is 0. The van der Waals surface area contributed by atoms with Crippen molar-refractivity contribution in [3.05, 3.63) is 184 Å². The number of rotatable bonds is 3. The molecule has 4 aliphatic rings. The zero-order chi connectivity index (χ0) is 46.5. The number of hydrogen-bond acceptors (Lipinski definition) is 3. The molecule has 67 heavy (non-hydrogen) atoms. The molecular weight excluding hydrogens is 812 g/mol. The van der Waals surface area contributed by atoms with Gasteiger partial charge in [0.25, 0.3) is 6.71 Å². The summed E-state index contributed by atoms with van der Waals surface area (Å²) in [5.41, 5.74) is 25.2. The van der Waals surface area contributed by atoms with Gasteiger partial charge in [-0.2, -0.15) is 0 Å². The van der Waals surface area contributed by atoms with Crippen molar-refractivity contribution in [1.29, 1.82) is 0 Å². The Labute approximate surface area is 399 Å². The van der Waals surface area contributed by atoms with Crippen LogP contribution in [0.2, 0.25) is 0 Å². The number of benzene rings is 7. The molecule has 1 unspecified atom stereocenters. The molecule has 0 spiro atoms. The molecule has 1 aromatic heterocycles. The number of fused-ring (bicyclic) bond motifs is 10. The number of anilines is 6. The van der Waals surface area contributed by atoms with Gasteiger partial charge in [-0.25, -0.2) is 0 Å². The van der Waals surface area contributed by atoms with E-state index < -0.39 is 0 Å². The van der Waals surface area contributed by atoms with Crippen molar-refractivity contribution in [2.24, 2.45) is 0 Å². The molecule has 334 valence electrons. The fourth-order valence-electron chi connectivity index (χ4n) is 12.2. The predicted octanol–water partition coefficient (Wildman–Crippen LogP) is 15.2. The van der Waals surface area contributed by atoms with E-state index in [4.69, 9.17) is 4.42 Å². The highest BCUT2D eigenvalue weighted by atomic mass is 16.3. The van der Waals surface area contributed by atoms with E-state index in [1.807, 2.05) is 0 Å². The molecule has 2 aliphatic heterocycles. The van der Waals surface area contributed by atoms with Gasteiger partial charge in [0.2, 0.25) is 0 Å². The standard InChI is InChI=1S/C63H63BN2O/c1-60(2,3)40-23-28-43(29-24-40)65-53-32-27-42(62(7,8)9)35-52(53)64-57-54(65)33-39(46-21-16-18-38-17-12-13-19-45(38)46)34-55(57)66(44-30-25-41(26-31-44)61(4,5)6)58-49-36-48-47-20-14-15-22-50(47)63(10,11)51(48)37-56(49)67-59(58)64/h12-15,17,19-20,22-37,46H,16,18,21H2,1-11H3. The van der Waals surface area contributed by atoms with Crippen LogP contribution in [0.5, 0.6) is 0 Å². The second-order valence-corrected chi connectivity index (χ2v) is 23.7. The van der Waals surface area contributed by atoms with E-state index in [0.717, 1.165) is 40.8 Å². The number of aryl methyl sites for hydroxylation is 1. The van der Waals surface area contributed by atoms with Crippen molar-refractivity contribution in [2.75, 3.05) is 9.80 Å². The smallest absolute Gasteiger partial charge is 0.297 e. The highest BCUT2D eigenvalue weighted by Crippen LogP contribution is 2.54. The van der Waals surface area contributed by atoms with Gasteiger partial charge in [0.15, 0.2) is 0 Å². The maximum Gasteiger partial charge on any atom is 0.297 e. The van der Waals surface area contributed by atoms with Crippen molar-refractivity contribution >= 4 is 68.4 Å².